The van der Waals surface area contributed by atoms with Crippen LogP contribution < -0.4 is 16.3 Å². The van der Waals surface area contributed by atoms with Gasteiger partial charge in [-0.05, 0) is 55.2 Å². The molecule has 2 N–H and O–H groups in total. The second-order valence-corrected chi connectivity index (χ2v) is 9.73. The van der Waals surface area contributed by atoms with Gasteiger partial charge in [-0.25, -0.2) is 9.78 Å². The Morgan fingerprint density at radius 2 is 1.91 bits per heavy atom. The number of benzene rings is 3. The van der Waals surface area contributed by atoms with Gasteiger partial charge in [0, 0.05) is 41.4 Å². The van der Waals surface area contributed by atoms with Gasteiger partial charge in [-0.3, -0.25) is 4.79 Å². The van der Waals surface area contributed by atoms with Crippen LogP contribution in [-0.4, -0.2) is 24.0 Å². The minimum Gasteiger partial charge on any atom is -0.422 e. The van der Waals surface area contributed by atoms with E-state index in [9.17, 15) is 9.59 Å². The molecule has 6 rings (SSSR count). The number of aromatic nitrogens is 1. The number of rotatable bonds is 4. The summed E-state index contributed by atoms with van der Waals surface area (Å²) in [6, 6.07) is 19.0. The van der Waals surface area contributed by atoms with Gasteiger partial charge >= 0.3 is 5.63 Å². The summed E-state index contributed by atoms with van der Waals surface area (Å²) < 4.78 is 6.91. The van der Waals surface area contributed by atoms with Crippen molar-refractivity contribution >= 4 is 44.1 Å². The predicted molar refractivity (Wildman–Crippen MR) is 141 cm³/mol. The Bertz CT molecular complexity index is 1650. The molecular formula is C28H23N3O3S. The van der Waals surface area contributed by atoms with Gasteiger partial charge in [-0.15, -0.1) is 11.3 Å². The summed E-state index contributed by atoms with van der Waals surface area (Å²) >= 11 is 1.43. The van der Waals surface area contributed by atoms with Crippen molar-refractivity contribution in [2.45, 2.75) is 19.8 Å². The molecule has 0 spiro atoms. The lowest BCUT2D eigenvalue weighted by atomic mass is 9.90. The average Bonchev–Trinajstić information content (AvgIpc) is 3.30. The van der Waals surface area contributed by atoms with Crippen LogP contribution in [0.3, 0.4) is 0 Å². The van der Waals surface area contributed by atoms with E-state index in [0.717, 1.165) is 47.2 Å². The number of hydrogen-bond donors (Lipinski definition) is 1. The number of nitrogens with zero attached hydrogens (tertiary/aromatic N) is 2. The lowest BCUT2D eigenvalue weighted by Crippen LogP contribution is -2.28. The topological polar surface area (TPSA) is 89.4 Å². The summed E-state index contributed by atoms with van der Waals surface area (Å²) in [5, 5.41) is 1.34. The van der Waals surface area contributed by atoms with Crippen LogP contribution in [0.2, 0.25) is 0 Å². The zero-order valence-electron chi connectivity index (χ0n) is 19.2. The first-order valence-electron chi connectivity index (χ1n) is 11.7. The molecule has 0 aliphatic carbocycles. The number of carbonyl (C=O) groups is 1. The first-order chi connectivity index (χ1) is 17.0. The Kier molecular flexibility index (Phi) is 5.15. The molecule has 3 heterocycles. The standard InChI is InChI=1S/C28H23N3O3S/c1-2-31-13-7-8-16-14-19-22(15-21(16)31)34-28(33)25(27-30-20-11-5-6-12-23(20)35-27)24(19)17-9-3-4-10-18(17)26(29)32/h3-6,9-12,14-15H,2,7-8,13H2,1H3,(H2,29,32). The summed E-state index contributed by atoms with van der Waals surface area (Å²) in [4.78, 5) is 33.1. The van der Waals surface area contributed by atoms with Gasteiger partial charge in [-0.2, -0.15) is 0 Å². The Morgan fingerprint density at radius 3 is 2.71 bits per heavy atom. The van der Waals surface area contributed by atoms with E-state index in [1.807, 2.05) is 42.5 Å². The monoisotopic (exact) mass is 481 g/mol. The zero-order chi connectivity index (χ0) is 24.1. The predicted octanol–water partition coefficient (Wildman–Crippen LogP) is 5.61. The van der Waals surface area contributed by atoms with Gasteiger partial charge in [0.2, 0.25) is 5.91 Å². The molecule has 0 saturated carbocycles. The van der Waals surface area contributed by atoms with Crippen LogP contribution in [0.15, 0.2) is 69.9 Å². The van der Waals surface area contributed by atoms with E-state index >= 15 is 0 Å². The molecule has 1 aliphatic rings. The number of hydrogen-bond acceptors (Lipinski definition) is 6. The van der Waals surface area contributed by atoms with Crippen molar-refractivity contribution < 1.29 is 9.21 Å². The minimum atomic E-state index is -0.549. The fourth-order valence-corrected chi connectivity index (χ4v) is 6.06. The fraction of sp³-hybridized carbons (Fsp3) is 0.179. The van der Waals surface area contributed by atoms with Gasteiger partial charge < -0.3 is 15.1 Å². The first-order valence-corrected chi connectivity index (χ1v) is 12.5. The maximum atomic E-state index is 13.6. The normalized spacial score (nSPS) is 13.3. The van der Waals surface area contributed by atoms with Gasteiger partial charge in [0.25, 0.3) is 0 Å². The van der Waals surface area contributed by atoms with E-state index in [2.05, 4.69) is 17.9 Å². The Labute approximate surface area is 205 Å². The van der Waals surface area contributed by atoms with Gasteiger partial charge in [0.05, 0.1) is 10.2 Å². The first kappa shape index (κ1) is 21.6. The van der Waals surface area contributed by atoms with Crippen molar-refractivity contribution in [3.05, 3.63) is 82.2 Å². The molecule has 0 bridgehead atoms. The maximum Gasteiger partial charge on any atom is 0.347 e. The molecule has 0 atom stereocenters. The third-order valence-corrected chi connectivity index (χ3v) is 7.73. The molecule has 0 unspecified atom stereocenters. The number of anilines is 1. The quantitative estimate of drug-likeness (QED) is 0.337. The van der Waals surface area contributed by atoms with Gasteiger partial charge in [-0.1, -0.05) is 30.3 Å². The van der Waals surface area contributed by atoms with E-state index in [-0.39, 0.29) is 0 Å². The number of fused-ring (bicyclic) bond motifs is 3. The molecule has 6 nitrogen and oxygen atoms in total. The second kappa shape index (κ2) is 8.36. The highest BCUT2D eigenvalue weighted by atomic mass is 32.1. The molecule has 3 aromatic carbocycles. The molecule has 1 aliphatic heterocycles. The van der Waals surface area contributed by atoms with Crippen LogP contribution >= 0.6 is 11.3 Å². The number of aryl methyl sites for hydroxylation is 1. The summed E-state index contributed by atoms with van der Waals surface area (Å²) in [6.45, 7) is 3.98. The Balaban J connectivity index is 1.75. The highest BCUT2D eigenvalue weighted by Gasteiger charge is 2.26. The number of nitrogens with two attached hydrogens (primary N) is 1. The smallest absolute Gasteiger partial charge is 0.347 e. The number of thiazole rings is 1. The molecule has 35 heavy (non-hydrogen) atoms. The van der Waals surface area contributed by atoms with E-state index < -0.39 is 11.5 Å². The van der Waals surface area contributed by atoms with Crippen LogP contribution in [-0.2, 0) is 6.42 Å². The highest BCUT2D eigenvalue weighted by Crippen LogP contribution is 2.42. The van der Waals surface area contributed by atoms with Crippen LogP contribution in [0.1, 0.15) is 29.3 Å². The lowest BCUT2D eigenvalue weighted by molar-refractivity contribution is 0.100. The van der Waals surface area contributed by atoms with Crippen molar-refractivity contribution in [3.63, 3.8) is 0 Å². The van der Waals surface area contributed by atoms with E-state index in [1.165, 1.54) is 16.9 Å². The summed E-state index contributed by atoms with van der Waals surface area (Å²) in [7, 11) is 0. The molecule has 1 amide bonds. The Morgan fingerprint density at radius 1 is 1.11 bits per heavy atom. The minimum absolute atomic E-state index is 0.356. The number of primary amides is 1. The molecule has 174 valence electrons. The van der Waals surface area contributed by atoms with Crippen LogP contribution in [0.5, 0.6) is 0 Å². The maximum absolute atomic E-state index is 13.6. The molecule has 0 fully saturated rings. The van der Waals surface area contributed by atoms with Crippen molar-refractivity contribution in [2.75, 3.05) is 18.0 Å². The largest absolute Gasteiger partial charge is 0.422 e. The van der Waals surface area contributed by atoms with Crippen LogP contribution in [0.4, 0.5) is 5.69 Å². The number of carbonyl (C=O) groups excluding carboxylic acids is 1. The van der Waals surface area contributed by atoms with Crippen LogP contribution in [0, 0.1) is 0 Å². The van der Waals surface area contributed by atoms with Gasteiger partial charge in [0.15, 0.2) is 0 Å². The van der Waals surface area contributed by atoms with Crippen LogP contribution in [0.25, 0.3) is 42.9 Å². The summed E-state index contributed by atoms with van der Waals surface area (Å²) in [5.41, 5.74) is 10.8. The zero-order valence-corrected chi connectivity index (χ0v) is 20.0. The van der Waals surface area contributed by atoms with Crippen molar-refractivity contribution in [2.24, 2.45) is 5.73 Å². The third-order valence-electron chi connectivity index (χ3n) is 6.67. The molecule has 7 heteroatoms. The van der Waals surface area contributed by atoms with E-state index in [1.54, 1.807) is 12.1 Å². The molecule has 5 aromatic rings. The number of para-hydroxylation sites is 1. The summed E-state index contributed by atoms with van der Waals surface area (Å²) in [5.74, 6) is -0.549. The lowest BCUT2D eigenvalue weighted by Gasteiger charge is -2.30. The van der Waals surface area contributed by atoms with E-state index in [4.69, 9.17) is 15.1 Å². The molecule has 0 radical (unpaired) electrons. The fourth-order valence-electron chi connectivity index (χ4n) is 5.05. The van der Waals surface area contributed by atoms with Crippen molar-refractivity contribution in [3.8, 4) is 21.7 Å². The number of amides is 1. The second-order valence-electron chi connectivity index (χ2n) is 8.70. The third kappa shape index (κ3) is 3.51. The highest BCUT2D eigenvalue weighted by molar-refractivity contribution is 7.21. The molecule has 2 aromatic heterocycles. The Hall–Kier alpha value is -3.97. The van der Waals surface area contributed by atoms with Crippen molar-refractivity contribution in [1.82, 2.24) is 4.98 Å². The average molecular weight is 482 g/mol. The van der Waals surface area contributed by atoms with Crippen molar-refractivity contribution in [1.29, 1.82) is 0 Å². The SMILES string of the molecule is CCN1CCCc2cc3c(-c4ccccc4C(N)=O)c(-c4nc5ccccc5s4)c(=O)oc3cc21. The molecular weight excluding hydrogens is 458 g/mol. The summed E-state index contributed by atoms with van der Waals surface area (Å²) in [6.07, 6.45) is 2.00. The van der Waals surface area contributed by atoms with E-state index in [0.29, 0.717) is 32.8 Å². The van der Waals surface area contributed by atoms with Gasteiger partial charge in [0.1, 0.15) is 16.2 Å². The molecule has 0 saturated heterocycles.